The second-order valence-corrected chi connectivity index (χ2v) is 4.29. The summed E-state index contributed by atoms with van der Waals surface area (Å²) >= 11 is -0.486. The molecule has 0 fully saturated rings. The summed E-state index contributed by atoms with van der Waals surface area (Å²) in [6, 6.07) is 10.0. The van der Waals surface area contributed by atoms with Crippen molar-refractivity contribution in [1.29, 1.82) is 0 Å². The van der Waals surface area contributed by atoms with Crippen molar-refractivity contribution in [3.63, 3.8) is 0 Å². The SMILES string of the molecule is C1=CC2=S(O1)OC(c1ccccc1)=C2. The van der Waals surface area contributed by atoms with E-state index in [-0.39, 0.29) is 0 Å². The maximum atomic E-state index is 5.64. The van der Waals surface area contributed by atoms with Gasteiger partial charge in [-0.05, 0) is 6.08 Å². The van der Waals surface area contributed by atoms with E-state index in [1.54, 1.807) is 6.26 Å². The van der Waals surface area contributed by atoms with Gasteiger partial charge in [-0.3, -0.25) is 0 Å². The van der Waals surface area contributed by atoms with Gasteiger partial charge in [0.15, 0.2) is 11.0 Å². The molecule has 0 N–H and O–H groups in total. The Balaban J connectivity index is 1.95. The lowest BCUT2D eigenvalue weighted by molar-refractivity contribution is 0.476. The minimum atomic E-state index is -0.486. The maximum Gasteiger partial charge on any atom is 0.192 e. The molecule has 0 radical (unpaired) electrons. The summed E-state index contributed by atoms with van der Waals surface area (Å²) in [7, 11) is 0. The summed E-state index contributed by atoms with van der Waals surface area (Å²) in [5.74, 6) is 0.897. The molecule has 2 nitrogen and oxygen atoms in total. The topological polar surface area (TPSA) is 18.5 Å². The number of allylic oxidation sites excluding steroid dienone is 2. The van der Waals surface area contributed by atoms with Gasteiger partial charge in [0.05, 0.1) is 4.86 Å². The molecule has 0 spiro atoms. The van der Waals surface area contributed by atoms with Crippen LogP contribution in [0.3, 0.4) is 0 Å². The van der Waals surface area contributed by atoms with Crippen molar-refractivity contribution in [3.8, 4) is 0 Å². The van der Waals surface area contributed by atoms with Gasteiger partial charge in [0.1, 0.15) is 12.0 Å². The number of benzene rings is 1. The Hall–Kier alpha value is -1.48. The second kappa shape index (κ2) is 3.03. The summed E-state index contributed by atoms with van der Waals surface area (Å²) in [5.41, 5.74) is 1.10. The van der Waals surface area contributed by atoms with E-state index in [2.05, 4.69) is 0 Å². The van der Waals surface area contributed by atoms with E-state index in [1.807, 2.05) is 42.5 Å². The number of rotatable bonds is 1. The predicted octanol–water partition coefficient (Wildman–Crippen LogP) is 2.87. The van der Waals surface area contributed by atoms with Crippen LogP contribution in [0.5, 0.6) is 0 Å². The van der Waals surface area contributed by atoms with Crippen molar-refractivity contribution in [2.75, 3.05) is 0 Å². The molecule has 1 atom stereocenters. The lowest BCUT2D eigenvalue weighted by Gasteiger charge is -2.05. The van der Waals surface area contributed by atoms with Crippen LogP contribution in [0, 0.1) is 0 Å². The van der Waals surface area contributed by atoms with E-state index in [0.29, 0.717) is 0 Å². The summed E-state index contributed by atoms with van der Waals surface area (Å²) < 4.78 is 10.9. The fraction of sp³-hybridized carbons (Fsp3) is 0. The normalized spacial score (nSPS) is 22.7. The highest BCUT2D eigenvalue weighted by Crippen LogP contribution is 2.38. The minimum Gasteiger partial charge on any atom is -0.408 e. The number of hydrogen-bond donors (Lipinski definition) is 0. The average Bonchev–Trinajstić information content (AvgIpc) is 2.78. The zero-order valence-electron chi connectivity index (χ0n) is 7.34. The third kappa shape index (κ3) is 1.17. The highest BCUT2D eigenvalue weighted by Gasteiger charge is 2.20. The molecule has 1 aromatic carbocycles. The van der Waals surface area contributed by atoms with Crippen LogP contribution in [0.1, 0.15) is 5.56 Å². The van der Waals surface area contributed by atoms with Crippen LogP contribution >= 0.6 is 11.0 Å². The molecule has 3 heteroatoms. The molecule has 2 heterocycles. The largest absolute Gasteiger partial charge is 0.408 e. The average molecular weight is 204 g/mol. The first-order valence-electron chi connectivity index (χ1n) is 4.34. The second-order valence-electron chi connectivity index (χ2n) is 2.99. The van der Waals surface area contributed by atoms with Crippen molar-refractivity contribution in [2.24, 2.45) is 0 Å². The molecular weight excluding hydrogens is 196 g/mol. The van der Waals surface area contributed by atoms with Crippen molar-refractivity contribution < 1.29 is 8.37 Å². The van der Waals surface area contributed by atoms with Gasteiger partial charge in [-0.25, -0.2) is 0 Å². The van der Waals surface area contributed by atoms with Crippen LogP contribution in [0.15, 0.2) is 48.7 Å². The summed E-state index contributed by atoms with van der Waals surface area (Å²) in [5, 5.41) is 0. The van der Waals surface area contributed by atoms with E-state index >= 15 is 0 Å². The van der Waals surface area contributed by atoms with Crippen LogP contribution in [0.2, 0.25) is 0 Å². The summed E-state index contributed by atoms with van der Waals surface area (Å²) in [6.07, 6.45) is 5.65. The molecular formula is C11H8O2S. The van der Waals surface area contributed by atoms with Crippen LogP contribution in [-0.4, -0.2) is 4.86 Å². The van der Waals surface area contributed by atoms with Crippen molar-refractivity contribution in [1.82, 2.24) is 0 Å². The van der Waals surface area contributed by atoms with Gasteiger partial charge >= 0.3 is 0 Å². The monoisotopic (exact) mass is 204 g/mol. The number of hydrogen-bond acceptors (Lipinski definition) is 2. The molecule has 1 aromatic rings. The Kier molecular flexibility index (Phi) is 1.70. The molecule has 70 valence electrons. The van der Waals surface area contributed by atoms with Gasteiger partial charge in [-0.1, -0.05) is 30.3 Å². The third-order valence-corrected chi connectivity index (χ3v) is 3.32. The first kappa shape index (κ1) is 7.88. The molecule has 2 aliphatic rings. The zero-order chi connectivity index (χ0) is 9.38. The smallest absolute Gasteiger partial charge is 0.192 e. The first-order chi connectivity index (χ1) is 6.93. The van der Waals surface area contributed by atoms with Crippen LogP contribution < -0.4 is 0 Å². The first-order valence-corrected chi connectivity index (χ1v) is 5.41. The van der Waals surface area contributed by atoms with E-state index in [4.69, 9.17) is 8.37 Å². The van der Waals surface area contributed by atoms with Crippen LogP contribution in [-0.2, 0) is 8.37 Å². The fourth-order valence-electron chi connectivity index (χ4n) is 1.39. The minimum absolute atomic E-state index is 0.486. The Bertz CT molecular complexity index is 457. The summed E-state index contributed by atoms with van der Waals surface area (Å²) in [4.78, 5) is 1.11. The van der Waals surface area contributed by atoms with Gasteiger partial charge in [-0.15, -0.1) is 0 Å². The molecule has 0 amide bonds. The van der Waals surface area contributed by atoms with E-state index in [1.165, 1.54) is 0 Å². The van der Waals surface area contributed by atoms with E-state index in [9.17, 15) is 0 Å². The molecule has 0 aromatic heterocycles. The van der Waals surface area contributed by atoms with E-state index in [0.717, 1.165) is 16.2 Å². The van der Waals surface area contributed by atoms with Crippen LogP contribution in [0.25, 0.3) is 5.76 Å². The molecule has 0 saturated carbocycles. The van der Waals surface area contributed by atoms with Gasteiger partial charge in [-0.2, -0.15) is 0 Å². The Labute approximate surface area is 84.8 Å². The third-order valence-electron chi connectivity index (χ3n) is 2.06. The van der Waals surface area contributed by atoms with Gasteiger partial charge < -0.3 is 8.37 Å². The molecule has 14 heavy (non-hydrogen) atoms. The summed E-state index contributed by atoms with van der Waals surface area (Å²) in [6.45, 7) is 0. The Morgan fingerprint density at radius 3 is 2.71 bits per heavy atom. The molecule has 0 bridgehead atoms. The maximum absolute atomic E-state index is 5.64. The van der Waals surface area contributed by atoms with Crippen molar-refractivity contribution in [3.05, 3.63) is 54.3 Å². The van der Waals surface area contributed by atoms with Gasteiger partial charge in [0.2, 0.25) is 0 Å². The van der Waals surface area contributed by atoms with E-state index < -0.39 is 11.0 Å². The molecule has 3 rings (SSSR count). The predicted molar refractivity (Wildman–Crippen MR) is 58.3 cm³/mol. The highest BCUT2D eigenvalue weighted by atomic mass is 32.2. The molecule has 0 saturated heterocycles. The quantitative estimate of drug-likeness (QED) is 0.655. The Morgan fingerprint density at radius 2 is 1.93 bits per heavy atom. The lowest BCUT2D eigenvalue weighted by Crippen LogP contribution is -1.83. The molecule has 0 aliphatic carbocycles. The van der Waals surface area contributed by atoms with Gasteiger partial charge in [0, 0.05) is 11.6 Å². The fourth-order valence-corrected chi connectivity index (χ4v) is 2.47. The molecule has 2 aliphatic heterocycles. The standard InChI is InChI=1S/C11H8O2S/c1-2-4-9(5-3-1)11-8-10-6-7-12-14(10)13-11/h1-8H. The Morgan fingerprint density at radius 1 is 1.07 bits per heavy atom. The van der Waals surface area contributed by atoms with Gasteiger partial charge in [0.25, 0.3) is 0 Å². The zero-order valence-corrected chi connectivity index (χ0v) is 8.16. The van der Waals surface area contributed by atoms with Crippen molar-refractivity contribution in [2.45, 2.75) is 0 Å². The van der Waals surface area contributed by atoms with Crippen molar-refractivity contribution >= 4 is 21.7 Å². The molecule has 1 unspecified atom stereocenters. The van der Waals surface area contributed by atoms with Crippen LogP contribution in [0.4, 0.5) is 0 Å². The lowest BCUT2D eigenvalue weighted by atomic mass is 10.1. The highest BCUT2D eigenvalue weighted by molar-refractivity contribution is 8.09.